The molecule has 2 saturated heterocycles. The average molecular weight is 519 g/mol. The van der Waals surface area contributed by atoms with Gasteiger partial charge in [0.1, 0.15) is 18.2 Å². The molecule has 0 spiro atoms. The summed E-state index contributed by atoms with van der Waals surface area (Å²) in [5.41, 5.74) is 3.04. The summed E-state index contributed by atoms with van der Waals surface area (Å²) < 4.78 is 6.74. The minimum atomic E-state index is -0.208. The van der Waals surface area contributed by atoms with E-state index in [1.807, 2.05) is 11.1 Å². The van der Waals surface area contributed by atoms with Crippen LogP contribution < -0.4 is 10.2 Å². The molecule has 190 valence electrons. The number of ether oxygens (including phenoxy) is 1. The van der Waals surface area contributed by atoms with E-state index in [0.717, 1.165) is 29.5 Å². The van der Waals surface area contributed by atoms with Crippen molar-refractivity contribution in [3.63, 3.8) is 0 Å². The summed E-state index contributed by atoms with van der Waals surface area (Å²) in [7, 11) is 1.80. The average Bonchev–Trinajstić information content (AvgIpc) is 3.42. The SMILES string of the molecule is CC(C)c1ccc(N2CC(N3CCOC3=O)C2)c2cnc(Nc3ccnc(-c4cn(C)nc4Cl)n3)cc12. The Labute approximate surface area is 219 Å². The highest BCUT2D eigenvalue weighted by Gasteiger charge is 2.38. The summed E-state index contributed by atoms with van der Waals surface area (Å²) >= 11 is 6.24. The molecule has 0 unspecified atom stereocenters. The van der Waals surface area contributed by atoms with Crippen molar-refractivity contribution in [3.05, 3.63) is 53.6 Å². The van der Waals surface area contributed by atoms with E-state index < -0.39 is 0 Å². The molecular formula is C26H27ClN8O2. The van der Waals surface area contributed by atoms with Gasteiger partial charge in [-0.05, 0) is 35.1 Å². The van der Waals surface area contributed by atoms with E-state index in [2.05, 4.69) is 57.3 Å². The summed E-state index contributed by atoms with van der Waals surface area (Å²) in [6, 6.07) is 8.41. The number of fused-ring (bicyclic) bond motifs is 1. The summed E-state index contributed by atoms with van der Waals surface area (Å²) in [4.78, 5) is 29.7. The number of pyridine rings is 1. The van der Waals surface area contributed by atoms with Gasteiger partial charge in [0.15, 0.2) is 11.0 Å². The number of halogens is 1. The maximum atomic E-state index is 11.9. The van der Waals surface area contributed by atoms with Gasteiger partial charge in [-0.3, -0.25) is 9.58 Å². The molecule has 11 heteroatoms. The van der Waals surface area contributed by atoms with Gasteiger partial charge >= 0.3 is 6.09 Å². The van der Waals surface area contributed by atoms with Crippen LogP contribution in [0.2, 0.25) is 5.15 Å². The molecule has 0 atom stereocenters. The fourth-order valence-electron chi connectivity index (χ4n) is 4.98. The van der Waals surface area contributed by atoms with Gasteiger partial charge in [-0.1, -0.05) is 31.5 Å². The number of benzene rings is 1. The zero-order chi connectivity index (χ0) is 25.7. The number of amides is 1. The van der Waals surface area contributed by atoms with Gasteiger partial charge in [0.25, 0.3) is 0 Å². The molecule has 1 aromatic carbocycles. The van der Waals surface area contributed by atoms with Gasteiger partial charge in [-0.2, -0.15) is 5.10 Å². The highest BCUT2D eigenvalue weighted by molar-refractivity contribution is 6.31. The molecule has 1 N–H and O–H groups in total. The third kappa shape index (κ3) is 4.31. The van der Waals surface area contributed by atoms with Crippen LogP contribution in [-0.2, 0) is 11.8 Å². The lowest BCUT2D eigenvalue weighted by Crippen LogP contribution is -2.59. The van der Waals surface area contributed by atoms with Crippen LogP contribution >= 0.6 is 11.6 Å². The van der Waals surface area contributed by atoms with Gasteiger partial charge in [0.05, 0.1) is 18.2 Å². The van der Waals surface area contributed by atoms with Gasteiger partial charge in [-0.15, -0.1) is 0 Å². The topological polar surface area (TPSA) is 101 Å². The van der Waals surface area contributed by atoms with Crippen molar-refractivity contribution < 1.29 is 9.53 Å². The fraction of sp³-hybridized carbons (Fsp3) is 0.346. The Balaban J connectivity index is 1.29. The first-order valence-corrected chi connectivity index (χ1v) is 12.7. The number of rotatable bonds is 6. The molecule has 1 amide bonds. The van der Waals surface area contributed by atoms with Crippen molar-refractivity contribution in [1.29, 1.82) is 0 Å². The number of aryl methyl sites for hydroxylation is 1. The lowest BCUT2D eigenvalue weighted by molar-refractivity contribution is 0.141. The summed E-state index contributed by atoms with van der Waals surface area (Å²) in [5, 5.41) is 10.1. The van der Waals surface area contributed by atoms with Crippen LogP contribution in [0.3, 0.4) is 0 Å². The zero-order valence-electron chi connectivity index (χ0n) is 20.8. The Morgan fingerprint density at radius 3 is 2.68 bits per heavy atom. The first-order chi connectivity index (χ1) is 17.9. The third-order valence-corrected chi connectivity index (χ3v) is 7.19. The van der Waals surface area contributed by atoms with Crippen molar-refractivity contribution in [2.24, 2.45) is 7.05 Å². The highest BCUT2D eigenvalue weighted by atomic mass is 35.5. The Hall–Kier alpha value is -3.92. The van der Waals surface area contributed by atoms with Crippen LogP contribution in [0.5, 0.6) is 0 Å². The minimum Gasteiger partial charge on any atom is -0.448 e. The number of cyclic esters (lactones) is 1. The van der Waals surface area contributed by atoms with Crippen LogP contribution in [0.25, 0.3) is 22.2 Å². The zero-order valence-corrected chi connectivity index (χ0v) is 21.6. The van der Waals surface area contributed by atoms with Gasteiger partial charge in [-0.25, -0.2) is 19.7 Å². The van der Waals surface area contributed by atoms with Crippen molar-refractivity contribution in [3.8, 4) is 11.4 Å². The van der Waals surface area contributed by atoms with E-state index in [0.29, 0.717) is 47.2 Å². The molecule has 6 rings (SSSR count). The van der Waals surface area contributed by atoms with Crippen molar-refractivity contribution in [2.45, 2.75) is 25.8 Å². The first kappa shape index (κ1) is 23.5. The number of anilines is 3. The Morgan fingerprint density at radius 2 is 1.97 bits per heavy atom. The number of hydrogen-bond acceptors (Lipinski definition) is 8. The van der Waals surface area contributed by atoms with Crippen LogP contribution in [0.4, 0.5) is 22.1 Å². The molecule has 5 heterocycles. The first-order valence-electron chi connectivity index (χ1n) is 12.3. The predicted octanol–water partition coefficient (Wildman–Crippen LogP) is 4.59. The predicted molar refractivity (Wildman–Crippen MR) is 142 cm³/mol. The van der Waals surface area contributed by atoms with E-state index >= 15 is 0 Å². The lowest BCUT2D eigenvalue weighted by atomic mass is 9.94. The molecule has 4 aromatic rings. The Morgan fingerprint density at radius 1 is 1.14 bits per heavy atom. The van der Waals surface area contributed by atoms with E-state index in [-0.39, 0.29) is 12.1 Å². The normalized spacial score (nSPS) is 16.0. The molecule has 0 aliphatic carbocycles. The number of nitrogens with zero attached hydrogens (tertiary/aromatic N) is 7. The number of hydrogen-bond donors (Lipinski definition) is 1. The second kappa shape index (κ2) is 9.19. The van der Waals surface area contributed by atoms with Crippen LogP contribution in [0, 0.1) is 0 Å². The number of nitrogens with one attached hydrogen (secondary N) is 1. The maximum absolute atomic E-state index is 11.9. The summed E-state index contributed by atoms with van der Waals surface area (Å²) in [5.74, 6) is 2.13. The molecule has 0 radical (unpaired) electrons. The van der Waals surface area contributed by atoms with Gasteiger partial charge in [0.2, 0.25) is 0 Å². The quantitative estimate of drug-likeness (QED) is 0.395. The van der Waals surface area contributed by atoms with E-state index in [1.165, 1.54) is 5.56 Å². The highest BCUT2D eigenvalue weighted by Crippen LogP contribution is 2.37. The third-order valence-electron chi connectivity index (χ3n) is 6.91. The monoisotopic (exact) mass is 518 g/mol. The Bertz CT molecular complexity index is 1500. The standard InChI is InChI=1S/C26H27ClN8O2/c1-15(2)17-4-5-21(34-12-16(13-34)35-8-9-37-26(35)36)19-11-29-23(10-18(17)19)30-22-6-7-28-25(31-22)20-14-33(3)32-24(20)27/h4-7,10-11,14-16H,8-9,12-13H2,1-3H3,(H,28,29,30,31). The molecule has 3 aromatic heterocycles. The van der Waals surface area contributed by atoms with Gasteiger partial charge < -0.3 is 15.0 Å². The molecule has 10 nitrogen and oxygen atoms in total. The van der Waals surface area contributed by atoms with Crippen LogP contribution in [0.15, 0.2) is 42.9 Å². The molecular weight excluding hydrogens is 492 g/mol. The van der Waals surface area contributed by atoms with Crippen LogP contribution in [0.1, 0.15) is 25.3 Å². The van der Waals surface area contributed by atoms with Crippen molar-refractivity contribution in [1.82, 2.24) is 29.6 Å². The minimum absolute atomic E-state index is 0.184. The lowest BCUT2D eigenvalue weighted by Gasteiger charge is -2.44. The van der Waals surface area contributed by atoms with E-state index in [9.17, 15) is 4.79 Å². The number of carbonyl (C=O) groups excluding carboxylic acids is 1. The molecule has 0 bridgehead atoms. The largest absolute Gasteiger partial charge is 0.448 e. The molecule has 2 fully saturated rings. The molecule has 2 aliphatic rings. The maximum Gasteiger partial charge on any atom is 0.410 e. The molecule has 0 saturated carbocycles. The summed E-state index contributed by atoms with van der Waals surface area (Å²) in [6.07, 6.45) is 5.18. The smallest absolute Gasteiger partial charge is 0.410 e. The van der Waals surface area contributed by atoms with Gasteiger partial charge in [0, 0.05) is 49.8 Å². The Kier molecular flexibility index (Phi) is 5.83. The fourth-order valence-corrected chi connectivity index (χ4v) is 5.23. The van der Waals surface area contributed by atoms with Crippen molar-refractivity contribution >= 4 is 45.8 Å². The molecule has 2 aliphatic heterocycles. The van der Waals surface area contributed by atoms with Crippen molar-refractivity contribution in [2.75, 3.05) is 36.5 Å². The number of aromatic nitrogens is 5. The van der Waals surface area contributed by atoms with E-state index in [1.54, 1.807) is 30.2 Å². The summed E-state index contributed by atoms with van der Waals surface area (Å²) in [6.45, 7) is 7.09. The number of carbonyl (C=O) groups is 1. The van der Waals surface area contributed by atoms with Crippen LogP contribution in [-0.4, -0.2) is 68.0 Å². The molecule has 37 heavy (non-hydrogen) atoms. The second-order valence-electron chi connectivity index (χ2n) is 9.71. The van der Waals surface area contributed by atoms with E-state index in [4.69, 9.17) is 21.3 Å². The second-order valence-corrected chi connectivity index (χ2v) is 10.1.